The van der Waals surface area contributed by atoms with E-state index in [1.807, 2.05) is 39.0 Å². The summed E-state index contributed by atoms with van der Waals surface area (Å²) < 4.78 is 47.8. The Balaban J connectivity index is 1.27. The number of hydrogen-bond acceptors (Lipinski definition) is 7. The van der Waals surface area contributed by atoms with Gasteiger partial charge in [0.15, 0.2) is 11.0 Å². The van der Waals surface area contributed by atoms with Gasteiger partial charge < -0.3 is 9.47 Å². The van der Waals surface area contributed by atoms with Gasteiger partial charge in [-0.15, -0.1) is 23.3 Å². The number of halogens is 3. The van der Waals surface area contributed by atoms with E-state index in [-0.39, 0.29) is 34.2 Å². The van der Waals surface area contributed by atoms with Crippen LogP contribution in [0.15, 0.2) is 78.0 Å². The second-order valence-electron chi connectivity index (χ2n) is 9.58. The van der Waals surface area contributed by atoms with Crippen molar-refractivity contribution in [3.63, 3.8) is 0 Å². The summed E-state index contributed by atoms with van der Waals surface area (Å²) in [5.74, 6) is 0.387. The molecular weight excluding hydrogens is 571 g/mol. The minimum atomic E-state index is -4.77. The Morgan fingerprint density at radius 3 is 2.38 bits per heavy atom. The number of aromatic nitrogens is 3. The fourth-order valence-electron chi connectivity index (χ4n) is 4.21. The molecule has 216 valence electrons. The number of rotatable bonds is 6. The number of thioether (sulfide) groups is 1. The Kier molecular flexibility index (Phi) is 8.03. The molecule has 9 nitrogen and oxygen atoms in total. The maximum Gasteiger partial charge on any atom is 0.573 e. The van der Waals surface area contributed by atoms with Crippen LogP contribution in [0.2, 0.25) is 0 Å². The van der Waals surface area contributed by atoms with Gasteiger partial charge in [0, 0.05) is 5.56 Å². The third kappa shape index (κ3) is 6.62. The van der Waals surface area contributed by atoms with Crippen LogP contribution in [0.3, 0.4) is 0 Å². The summed E-state index contributed by atoms with van der Waals surface area (Å²) in [4.78, 5) is 35.2. The van der Waals surface area contributed by atoms with Crippen molar-refractivity contribution in [1.82, 2.24) is 14.8 Å². The molecule has 3 aromatic carbocycles. The van der Waals surface area contributed by atoms with Crippen LogP contribution >= 0.6 is 11.8 Å². The first-order valence-electron chi connectivity index (χ1n) is 12.7. The molecule has 1 aliphatic heterocycles. The number of aliphatic imine (C=N–C) groups is 1. The molecule has 0 N–H and O–H groups in total. The molecule has 0 bridgehead atoms. The molecule has 1 aromatic heterocycles. The van der Waals surface area contributed by atoms with Crippen LogP contribution in [-0.4, -0.2) is 44.0 Å². The second-order valence-corrected chi connectivity index (χ2v) is 10.5. The van der Waals surface area contributed by atoms with Crippen molar-refractivity contribution >= 4 is 34.6 Å². The molecule has 0 unspecified atom stereocenters. The zero-order valence-electron chi connectivity index (χ0n) is 22.6. The molecule has 0 saturated carbocycles. The molecule has 4 aromatic rings. The van der Waals surface area contributed by atoms with Crippen LogP contribution in [0.25, 0.3) is 17.1 Å². The lowest BCUT2D eigenvalue weighted by Crippen LogP contribution is -2.31. The zero-order chi connectivity index (χ0) is 30.0. The minimum Gasteiger partial charge on any atom is -0.409 e. The summed E-state index contributed by atoms with van der Waals surface area (Å²) in [6, 6.07) is 17.5. The van der Waals surface area contributed by atoms with Crippen molar-refractivity contribution in [2.45, 2.75) is 33.1 Å². The highest BCUT2D eigenvalue weighted by Crippen LogP contribution is 2.34. The monoisotopic (exact) mass is 595 g/mol. The van der Waals surface area contributed by atoms with E-state index in [2.05, 4.69) is 19.8 Å². The quantitative estimate of drug-likeness (QED) is 0.239. The summed E-state index contributed by atoms with van der Waals surface area (Å²) in [6.07, 6.45) is -4.23. The largest absolute Gasteiger partial charge is 0.573 e. The van der Waals surface area contributed by atoms with Gasteiger partial charge in [-0.1, -0.05) is 37.7 Å². The second kappa shape index (κ2) is 11.7. The predicted molar refractivity (Wildman–Crippen MR) is 152 cm³/mol. The van der Waals surface area contributed by atoms with Gasteiger partial charge in [-0.3, -0.25) is 9.69 Å². The van der Waals surface area contributed by atoms with Crippen molar-refractivity contribution in [2.75, 3.05) is 10.7 Å². The normalized spacial score (nSPS) is 14.6. The third-order valence-electron chi connectivity index (χ3n) is 6.15. The van der Waals surface area contributed by atoms with Crippen molar-refractivity contribution < 1.29 is 32.2 Å². The molecule has 0 atom stereocenters. The molecule has 42 heavy (non-hydrogen) atoms. The van der Waals surface area contributed by atoms with E-state index >= 15 is 0 Å². The minimum absolute atomic E-state index is 0.157. The lowest BCUT2D eigenvalue weighted by molar-refractivity contribution is -0.274. The van der Waals surface area contributed by atoms with E-state index < -0.39 is 12.5 Å². The van der Waals surface area contributed by atoms with Crippen LogP contribution in [0.4, 0.5) is 23.7 Å². The highest BCUT2D eigenvalue weighted by atomic mass is 32.2. The highest BCUT2D eigenvalue weighted by Gasteiger charge is 2.33. The SMILES string of the molecule is Cc1ccc(C(C)C)c(N2C(=O)CSC2=NC(=O)Oc2ccc(-c3ncn(-c4ccc(OC(F)(F)F)cc4)n3)cc2)c1. The first kappa shape index (κ1) is 28.9. The Morgan fingerprint density at radius 1 is 1.02 bits per heavy atom. The van der Waals surface area contributed by atoms with Gasteiger partial charge in [0.1, 0.15) is 17.8 Å². The van der Waals surface area contributed by atoms with Crippen LogP contribution in [0.5, 0.6) is 11.5 Å². The number of amidine groups is 1. The molecular formula is C29H24F3N5O4S. The van der Waals surface area contributed by atoms with Gasteiger partial charge in [0.2, 0.25) is 5.91 Å². The van der Waals surface area contributed by atoms with Crippen molar-refractivity contribution in [3.05, 3.63) is 84.2 Å². The van der Waals surface area contributed by atoms with Crippen LogP contribution in [-0.2, 0) is 4.79 Å². The fourth-order valence-corrected chi connectivity index (χ4v) is 5.06. The number of nitrogens with zero attached hydrogens (tertiary/aromatic N) is 5. The fraction of sp³-hybridized carbons (Fsp3) is 0.207. The maximum atomic E-state index is 12.8. The van der Waals surface area contributed by atoms with E-state index in [9.17, 15) is 22.8 Å². The summed E-state index contributed by atoms with van der Waals surface area (Å²) in [7, 11) is 0. The Morgan fingerprint density at radius 2 is 1.71 bits per heavy atom. The van der Waals surface area contributed by atoms with Crippen molar-refractivity contribution in [2.24, 2.45) is 4.99 Å². The summed E-state index contributed by atoms with van der Waals surface area (Å²) in [5, 5.41) is 4.61. The molecule has 5 rings (SSSR count). The number of anilines is 1. The predicted octanol–water partition coefficient (Wildman–Crippen LogP) is 6.90. The molecule has 1 saturated heterocycles. The molecule has 2 amide bonds. The van der Waals surface area contributed by atoms with Gasteiger partial charge in [-0.05, 0) is 78.6 Å². The summed E-state index contributed by atoms with van der Waals surface area (Å²) in [6.45, 7) is 6.00. The third-order valence-corrected chi connectivity index (χ3v) is 7.07. The number of ether oxygens (including phenoxy) is 2. The molecule has 0 spiro atoms. The molecule has 2 heterocycles. The summed E-state index contributed by atoms with van der Waals surface area (Å²) >= 11 is 1.17. The number of amides is 2. The number of benzene rings is 3. The number of aryl methyl sites for hydroxylation is 1. The average Bonchev–Trinajstić information content (AvgIpc) is 3.55. The number of carbonyl (C=O) groups is 2. The van der Waals surface area contributed by atoms with E-state index in [0.29, 0.717) is 22.8 Å². The Hall–Kier alpha value is -4.65. The van der Waals surface area contributed by atoms with E-state index in [1.165, 1.54) is 51.9 Å². The van der Waals surface area contributed by atoms with Crippen molar-refractivity contribution in [3.8, 4) is 28.6 Å². The van der Waals surface area contributed by atoms with Gasteiger partial charge in [0.25, 0.3) is 0 Å². The van der Waals surface area contributed by atoms with Gasteiger partial charge in [-0.2, -0.15) is 0 Å². The standard InChI is InChI=1S/C29H24F3N5O4S/c1-17(2)23-13-4-18(3)14-24(23)37-25(38)15-42-27(37)34-28(39)40-21-9-5-19(6-10-21)26-33-16-36(35-26)20-7-11-22(12-8-20)41-29(30,31)32/h4-14,16-17H,15H2,1-3H3. The van der Waals surface area contributed by atoms with Gasteiger partial charge in [0.05, 0.1) is 17.1 Å². The van der Waals surface area contributed by atoms with Crippen LogP contribution in [0.1, 0.15) is 30.9 Å². The molecule has 0 radical (unpaired) electrons. The number of carbonyl (C=O) groups excluding carboxylic acids is 2. The van der Waals surface area contributed by atoms with Gasteiger partial charge in [-0.25, -0.2) is 14.5 Å². The highest BCUT2D eigenvalue weighted by molar-refractivity contribution is 8.15. The molecule has 1 aliphatic rings. The smallest absolute Gasteiger partial charge is 0.409 e. The van der Waals surface area contributed by atoms with E-state index in [0.717, 1.165) is 11.1 Å². The lowest BCUT2D eigenvalue weighted by Gasteiger charge is -2.22. The molecule has 13 heteroatoms. The molecule has 1 fully saturated rings. The Labute approximate surface area is 243 Å². The number of hydrogen-bond donors (Lipinski definition) is 0. The van der Waals surface area contributed by atoms with E-state index in [1.54, 1.807) is 24.3 Å². The number of alkyl halides is 3. The Bertz CT molecular complexity index is 1650. The average molecular weight is 596 g/mol. The first-order chi connectivity index (χ1) is 20.0. The lowest BCUT2D eigenvalue weighted by atomic mass is 9.99. The van der Waals surface area contributed by atoms with E-state index in [4.69, 9.17) is 4.74 Å². The van der Waals surface area contributed by atoms with Gasteiger partial charge >= 0.3 is 12.5 Å². The molecule has 0 aliphatic carbocycles. The summed E-state index contributed by atoms with van der Waals surface area (Å²) in [5.41, 5.74) is 3.75. The van der Waals surface area contributed by atoms with Crippen molar-refractivity contribution in [1.29, 1.82) is 0 Å². The maximum absolute atomic E-state index is 12.8. The van der Waals surface area contributed by atoms with Crippen LogP contribution < -0.4 is 14.4 Å². The zero-order valence-corrected chi connectivity index (χ0v) is 23.4. The van der Waals surface area contributed by atoms with Crippen LogP contribution in [0, 0.1) is 6.92 Å². The first-order valence-corrected chi connectivity index (χ1v) is 13.7. The topological polar surface area (TPSA) is 98.9 Å².